The Morgan fingerprint density at radius 1 is 1.39 bits per heavy atom. The van der Waals surface area contributed by atoms with Gasteiger partial charge in [-0.05, 0) is 12.3 Å². The van der Waals surface area contributed by atoms with E-state index < -0.39 is 0 Å². The molecule has 0 saturated heterocycles. The van der Waals surface area contributed by atoms with Crippen molar-refractivity contribution in [2.75, 3.05) is 17.6 Å². The predicted molar refractivity (Wildman–Crippen MR) is 76.0 cm³/mol. The summed E-state index contributed by atoms with van der Waals surface area (Å²) in [5.74, 6) is 2.34. The summed E-state index contributed by atoms with van der Waals surface area (Å²) in [6.45, 7) is 7.40. The zero-order chi connectivity index (χ0) is 13.0. The molecule has 2 aromatic rings. The van der Waals surface area contributed by atoms with Crippen molar-refractivity contribution in [1.82, 2.24) is 19.9 Å². The molecule has 0 radical (unpaired) electrons. The van der Waals surface area contributed by atoms with E-state index in [-0.39, 0.29) is 0 Å². The van der Waals surface area contributed by atoms with Gasteiger partial charge in [0, 0.05) is 12.3 Å². The van der Waals surface area contributed by atoms with E-state index in [1.54, 1.807) is 18.1 Å². The van der Waals surface area contributed by atoms with Gasteiger partial charge in [0.25, 0.3) is 0 Å². The van der Waals surface area contributed by atoms with Gasteiger partial charge in [0.1, 0.15) is 10.5 Å². The zero-order valence-corrected chi connectivity index (χ0v) is 11.8. The first-order chi connectivity index (χ1) is 8.70. The molecule has 5 nitrogen and oxygen atoms in total. The van der Waals surface area contributed by atoms with Crippen LogP contribution >= 0.6 is 11.8 Å². The summed E-state index contributed by atoms with van der Waals surface area (Å²) >= 11 is 1.75. The van der Waals surface area contributed by atoms with Gasteiger partial charge in [-0.25, -0.2) is 9.97 Å². The molecule has 0 aliphatic carbocycles. The molecule has 6 heteroatoms. The highest BCUT2D eigenvalue weighted by molar-refractivity contribution is 7.99. The van der Waals surface area contributed by atoms with Crippen LogP contribution in [0.15, 0.2) is 11.4 Å². The Hall–Kier alpha value is -1.30. The number of hydrogen-bond donors (Lipinski definition) is 2. The predicted octanol–water partition coefficient (Wildman–Crippen LogP) is 2.92. The Morgan fingerprint density at radius 3 is 2.94 bits per heavy atom. The first kappa shape index (κ1) is 13.1. The number of H-pyrrole nitrogens is 1. The van der Waals surface area contributed by atoms with E-state index in [2.05, 4.69) is 46.0 Å². The van der Waals surface area contributed by atoms with E-state index in [4.69, 9.17) is 0 Å². The Morgan fingerprint density at radius 2 is 2.22 bits per heavy atom. The van der Waals surface area contributed by atoms with E-state index in [0.29, 0.717) is 11.9 Å². The number of nitrogens with zero attached hydrogens (tertiary/aromatic N) is 3. The number of anilines is 1. The molecule has 2 heterocycles. The lowest BCUT2D eigenvalue weighted by molar-refractivity contribution is 0.749. The van der Waals surface area contributed by atoms with Crippen LogP contribution in [0.1, 0.15) is 27.2 Å². The minimum absolute atomic E-state index is 0.634. The normalized spacial score (nSPS) is 11.3. The van der Waals surface area contributed by atoms with Gasteiger partial charge in [-0.2, -0.15) is 4.98 Å². The standard InChI is InChI=1S/C12H19N5S/c1-4-5-13-12-16-10-9(14-7-15-10)11(17-12)18-6-8(2)3/h7-8H,4-6H2,1-3H3,(H2,13,14,15,16,17). The molecule has 0 fully saturated rings. The van der Waals surface area contributed by atoms with Crippen LogP contribution in [0, 0.1) is 5.92 Å². The minimum Gasteiger partial charge on any atom is -0.354 e. The van der Waals surface area contributed by atoms with Gasteiger partial charge in [-0.3, -0.25) is 0 Å². The maximum absolute atomic E-state index is 4.55. The number of imidazole rings is 1. The van der Waals surface area contributed by atoms with Gasteiger partial charge in [0.15, 0.2) is 5.65 Å². The van der Waals surface area contributed by atoms with Gasteiger partial charge in [0.05, 0.1) is 6.33 Å². The first-order valence-corrected chi connectivity index (χ1v) is 7.27. The van der Waals surface area contributed by atoms with Gasteiger partial charge < -0.3 is 10.3 Å². The molecule has 0 bridgehead atoms. The SMILES string of the molecule is CCCNc1nc(SCC(C)C)c2[nH]cnc2n1. The molecule has 0 aliphatic heterocycles. The minimum atomic E-state index is 0.634. The summed E-state index contributed by atoms with van der Waals surface area (Å²) in [5, 5.41) is 4.19. The van der Waals surface area contributed by atoms with E-state index in [1.807, 2.05) is 0 Å². The fourth-order valence-electron chi connectivity index (χ4n) is 1.47. The highest BCUT2D eigenvalue weighted by atomic mass is 32.2. The Bertz CT molecular complexity index is 508. The van der Waals surface area contributed by atoms with Crippen LogP contribution in [0.3, 0.4) is 0 Å². The van der Waals surface area contributed by atoms with E-state index in [9.17, 15) is 0 Å². The highest BCUT2D eigenvalue weighted by Gasteiger charge is 2.10. The lowest BCUT2D eigenvalue weighted by Gasteiger charge is -2.07. The smallest absolute Gasteiger partial charge is 0.225 e. The Kier molecular flexibility index (Phi) is 4.41. The molecule has 0 spiro atoms. The van der Waals surface area contributed by atoms with Crippen molar-refractivity contribution in [1.29, 1.82) is 0 Å². The number of aromatic nitrogens is 4. The molecule has 98 valence electrons. The summed E-state index contributed by atoms with van der Waals surface area (Å²) in [6.07, 6.45) is 2.72. The third-order valence-electron chi connectivity index (χ3n) is 2.34. The first-order valence-electron chi connectivity index (χ1n) is 6.28. The van der Waals surface area contributed by atoms with Crippen molar-refractivity contribution in [2.24, 2.45) is 5.92 Å². The van der Waals surface area contributed by atoms with Crippen LogP contribution in [0.5, 0.6) is 0 Å². The lowest BCUT2D eigenvalue weighted by Crippen LogP contribution is -2.05. The monoisotopic (exact) mass is 265 g/mol. The van der Waals surface area contributed by atoms with Crippen molar-refractivity contribution in [3.05, 3.63) is 6.33 Å². The molecule has 2 rings (SSSR count). The van der Waals surface area contributed by atoms with Crippen molar-refractivity contribution < 1.29 is 0 Å². The number of hydrogen-bond acceptors (Lipinski definition) is 5. The van der Waals surface area contributed by atoms with Gasteiger partial charge in [-0.15, -0.1) is 11.8 Å². The summed E-state index contributed by atoms with van der Waals surface area (Å²) in [5.41, 5.74) is 1.66. The number of thioether (sulfide) groups is 1. The van der Waals surface area contributed by atoms with Gasteiger partial charge in [0.2, 0.25) is 5.95 Å². The second-order valence-corrected chi connectivity index (χ2v) is 5.59. The van der Waals surface area contributed by atoms with Crippen molar-refractivity contribution in [3.63, 3.8) is 0 Å². The van der Waals surface area contributed by atoms with Crippen molar-refractivity contribution >= 4 is 28.9 Å². The van der Waals surface area contributed by atoms with E-state index >= 15 is 0 Å². The van der Waals surface area contributed by atoms with Crippen LogP contribution < -0.4 is 5.32 Å². The molecule has 0 unspecified atom stereocenters. The van der Waals surface area contributed by atoms with Crippen LogP contribution in [0.25, 0.3) is 11.2 Å². The molecule has 2 N–H and O–H groups in total. The van der Waals surface area contributed by atoms with Crippen LogP contribution in [0.2, 0.25) is 0 Å². The van der Waals surface area contributed by atoms with Crippen molar-refractivity contribution in [3.8, 4) is 0 Å². The van der Waals surface area contributed by atoms with Crippen LogP contribution in [-0.4, -0.2) is 32.2 Å². The summed E-state index contributed by atoms with van der Waals surface area (Å²) in [6, 6.07) is 0. The molecular weight excluding hydrogens is 246 g/mol. The molecule has 18 heavy (non-hydrogen) atoms. The molecule has 2 aromatic heterocycles. The number of nitrogens with one attached hydrogen (secondary N) is 2. The maximum atomic E-state index is 4.55. The second kappa shape index (κ2) is 6.04. The quantitative estimate of drug-likeness (QED) is 0.621. The summed E-state index contributed by atoms with van der Waals surface area (Å²) in [7, 11) is 0. The molecule has 0 aromatic carbocycles. The summed E-state index contributed by atoms with van der Waals surface area (Å²) in [4.78, 5) is 16.3. The molecule has 0 aliphatic rings. The summed E-state index contributed by atoms with van der Waals surface area (Å²) < 4.78 is 0. The Labute approximate surface area is 111 Å². The zero-order valence-electron chi connectivity index (χ0n) is 11.0. The van der Waals surface area contributed by atoms with Crippen LogP contribution in [-0.2, 0) is 0 Å². The average molecular weight is 265 g/mol. The second-order valence-electron chi connectivity index (χ2n) is 4.59. The average Bonchev–Trinajstić information content (AvgIpc) is 2.81. The third-order valence-corrected chi connectivity index (χ3v) is 3.74. The highest BCUT2D eigenvalue weighted by Crippen LogP contribution is 2.25. The molecule has 0 saturated carbocycles. The fraction of sp³-hybridized carbons (Fsp3) is 0.583. The number of fused-ring (bicyclic) bond motifs is 1. The fourth-order valence-corrected chi connectivity index (χ4v) is 2.41. The topological polar surface area (TPSA) is 66.5 Å². The molecule has 0 atom stereocenters. The van der Waals surface area contributed by atoms with Gasteiger partial charge in [-0.1, -0.05) is 20.8 Å². The van der Waals surface area contributed by atoms with Crippen molar-refractivity contribution in [2.45, 2.75) is 32.2 Å². The largest absolute Gasteiger partial charge is 0.354 e. The number of rotatable bonds is 6. The lowest BCUT2D eigenvalue weighted by atomic mass is 10.3. The van der Waals surface area contributed by atoms with E-state index in [0.717, 1.165) is 34.9 Å². The van der Waals surface area contributed by atoms with Crippen LogP contribution in [0.4, 0.5) is 5.95 Å². The number of aromatic amines is 1. The maximum Gasteiger partial charge on any atom is 0.225 e. The Balaban J connectivity index is 2.26. The molecule has 0 amide bonds. The molecular formula is C12H19N5S. The third kappa shape index (κ3) is 3.13. The van der Waals surface area contributed by atoms with Gasteiger partial charge >= 0.3 is 0 Å². The van der Waals surface area contributed by atoms with E-state index in [1.165, 1.54) is 0 Å².